The van der Waals surface area contributed by atoms with Crippen LogP contribution in [0.2, 0.25) is 0 Å². The fourth-order valence-corrected chi connectivity index (χ4v) is 3.13. The molecule has 2 atom stereocenters. The maximum atomic E-state index is 13.5. The maximum absolute atomic E-state index is 13.5. The third kappa shape index (κ3) is 3.76. The highest BCUT2D eigenvalue weighted by Crippen LogP contribution is 2.16. The van der Waals surface area contributed by atoms with Crippen LogP contribution in [0.15, 0.2) is 30.3 Å². The van der Waals surface area contributed by atoms with Crippen molar-refractivity contribution < 1.29 is 17.0 Å². The van der Waals surface area contributed by atoms with E-state index in [0.717, 1.165) is 0 Å². The van der Waals surface area contributed by atoms with Crippen LogP contribution in [0.1, 0.15) is 12.0 Å². The molecular weight excluding hydrogens is 257 g/mol. The zero-order valence-corrected chi connectivity index (χ0v) is 10.7. The van der Waals surface area contributed by atoms with Gasteiger partial charge in [-0.1, -0.05) is 30.3 Å². The maximum Gasteiger partial charge on any atom is 0.271 e. The monoisotopic (exact) mass is 273 g/mol. The summed E-state index contributed by atoms with van der Waals surface area (Å²) in [4.78, 5) is 0. The van der Waals surface area contributed by atoms with E-state index in [1.54, 1.807) is 30.3 Å². The van der Waals surface area contributed by atoms with Crippen molar-refractivity contribution in [2.24, 2.45) is 0 Å². The van der Waals surface area contributed by atoms with Crippen molar-refractivity contribution in [1.29, 1.82) is 0 Å². The molecule has 1 aromatic carbocycles. The van der Waals surface area contributed by atoms with Crippen molar-refractivity contribution in [3.63, 3.8) is 0 Å². The molecule has 0 bridgehead atoms. The highest BCUT2D eigenvalue weighted by molar-refractivity contribution is 7.85. The summed E-state index contributed by atoms with van der Waals surface area (Å²) in [6.07, 6.45) is -1.85. The first-order valence-corrected chi connectivity index (χ1v) is 7.44. The number of piperidine rings is 1. The average Bonchev–Trinajstić information content (AvgIpc) is 2.32. The Hall–Kier alpha value is -0.980. The Bertz CT molecular complexity index is 477. The van der Waals surface area contributed by atoms with Gasteiger partial charge >= 0.3 is 0 Å². The second-order valence-corrected chi connectivity index (χ2v) is 5.93. The van der Waals surface area contributed by atoms with Gasteiger partial charge in [0.2, 0.25) is 0 Å². The molecule has 4 nitrogen and oxygen atoms in total. The minimum atomic E-state index is -3.75. The molecular formula is C12H16FNO3S. The third-order valence-electron chi connectivity index (χ3n) is 2.80. The first kappa shape index (κ1) is 13.5. The summed E-state index contributed by atoms with van der Waals surface area (Å²) in [6.45, 7) is 0.787. The molecule has 2 rings (SSSR count). The summed E-state index contributed by atoms with van der Waals surface area (Å²) in [5, 5.41) is 2.92. The van der Waals surface area contributed by atoms with Crippen molar-refractivity contribution in [2.75, 3.05) is 13.1 Å². The van der Waals surface area contributed by atoms with Crippen LogP contribution in [-0.4, -0.2) is 33.8 Å². The Morgan fingerprint density at radius 2 is 2.06 bits per heavy atom. The second kappa shape index (κ2) is 5.77. The Labute approximate surface area is 106 Å². The molecule has 0 unspecified atom stereocenters. The summed E-state index contributed by atoms with van der Waals surface area (Å²) < 4.78 is 42.0. The number of halogens is 1. The van der Waals surface area contributed by atoms with Gasteiger partial charge in [-0.15, -0.1) is 0 Å². The van der Waals surface area contributed by atoms with E-state index in [1.807, 2.05) is 0 Å². The fraction of sp³-hybridized carbons (Fsp3) is 0.500. The van der Waals surface area contributed by atoms with Gasteiger partial charge in [0, 0.05) is 6.54 Å². The molecule has 0 spiro atoms. The lowest BCUT2D eigenvalue weighted by molar-refractivity contribution is 0.0795. The zero-order valence-electron chi connectivity index (χ0n) is 9.88. The highest BCUT2D eigenvalue weighted by Gasteiger charge is 2.30. The summed E-state index contributed by atoms with van der Waals surface area (Å²) in [6, 6.07) is 8.72. The van der Waals surface area contributed by atoms with Gasteiger partial charge in [-0.05, 0) is 18.5 Å². The molecule has 0 amide bonds. The second-order valence-electron chi connectivity index (χ2n) is 4.33. The van der Waals surface area contributed by atoms with Gasteiger partial charge in [-0.2, -0.15) is 8.42 Å². The molecule has 6 heteroatoms. The van der Waals surface area contributed by atoms with Crippen LogP contribution in [0.4, 0.5) is 4.39 Å². The molecule has 0 radical (unpaired) electrons. The van der Waals surface area contributed by atoms with E-state index in [1.165, 1.54) is 0 Å². The molecule has 1 N–H and O–H groups in total. The van der Waals surface area contributed by atoms with E-state index in [2.05, 4.69) is 5.32 Å². The van der Waals surface area contributed by atoms with Crippen LogP contribution in [0.5, 0.6) is 0 Å². The minimum absolute atomic E-state index is 0.225. The van der Waals surface area contributed by atoms with Crippen molar-refractivity contribution in [3.8, 4) is 0 Å². The van der Waals surface area contributed by atoms with Crippen LogP contribution in [0.3, 0.4) is 0 Å². The Balaban J connectivity index is 1.99. The Morgan fingerprint density at radius 1 is 1.33 bits per heavy atom. The first-order valence-electron chi connectivity index (χ1n) is 5.86. The lowest BCUT2D eigenvalue weighted by atomic mass is 10.1. The Kier molecular flexibility index (Phi) is 4.31. The average molecular weight is 273 g/mol. The number of hydrogen-bond donors (Lipinski definition) is 1. The van der Waals surface area contributed by atoms with Crippen LogP contribution >= 0.6 is 0 Å². The van der Waals surface area contributed by atoms with Gasteiger partial charge in [0.1, 0.15) is 18.0 Å². The molecule has 100 valence electrons. The quantitative estimate of drug-likeness (QED) is 0.838. The number of nitrogens with one attached hydrogen (secondary N) is 1. The number of alkyl halides is 1. The molecule has 1 aliphatic rings. The third-order valence-corrected chi connectivity index (χ3v) is 4.03. The molecule has 18 heavy (non-hydrogen) atoms. The van der Waals surface area contributed by atoms with E-state index < -0.39 is 22.4 Å². The highest BCUT2D eigenvalue weighted by atomic mass is 32.2. The van der Waals surface area contributed by atoms with Gasteiger partial charge in [-0.3, -0.25) is 4.18 Å². The summed E-state index contributed by atoms with van der Waals surface area (Å²) in [5.74, 6) is -0.225. The van der Waals surface area contributed by atoms with Gasteiger partial charge < -0.3 is 5.32 Å². The normalized spacial score (nSPS) is 24.9. The molecule has 1 aliphatic heterocycles. The summed E-state index contributed by atoms with van der Waals surface area (Å²) >= 11 is 0. The topological polar surface area (TPSA) is 55.4 Å². The fourth-order valence-electron chi connectivity index (χ4n) is 1.89. The van der Waals surface area contributed by atoms with E-state index in [0.29, 0.717) is 12.1 Å². The number of hydrogen-bond acceptors (Lipinski definition) is 4. The lowest BCUT2D eigenvalue weighted by Crippen LogP contribution is -2.44. The molecule has 0 aliphatic carbocycles. The van der Waals surface area contributed by atoms with Gasteiger partial charge in [0.15, 0.2) is 0 Å². The Morgan fingerprint density at radius 3 is 2.72 bits per heavy atom. The van der Waals surface area contributed by atoms with E-state index in [9.17, 15) is 12.8 Å². The van der Waals surface area contributed by atoms with Gasteiger partial charge in [0.05, 0.1) is 0 Å². The molecule has 1 heterocycles. The van der Waals surface area contributed by atoms with E-state index >= 15 is 0 Å². The largest absolute Gasteiger partial charge is 0.314 e. The van der Waals surface area contributed by atoms with Crippen LogP contribution < -0.4 is 5.32 Å². The first-order chi connectivity index (χ1) is 8.57. The number of rotatable bonds is 4. The van der Waals surface area contributed by atoms with E-state index in [-0.39, 0.29) is 18.7 Å². The van der Waals surface area contributed by atoms with Gasteiger partial charge in [-0.25, -0.2) is 4.39 Å². The van der Waals surface area contributed by atoms with Crippen molar-refractivity contribution in [2.45, 2.75) is 24.4 Å². The standard InChI is InChI=1S/C12H16FNO3S/c13-11-6-7-14-8-12(11)17-18(15,16)9-10-4-2-1-3-5-10/h1-5,11-12,14H,6-9H2/t11-,12-/m1/s1. The molecule has 1 aromatic rings. The molecule has 1 fully saturated rings. The van der Waals surface area contributed by atoms with Crippen molar-refractivity contribution >= 4 is 10.1 Å². The van der Waals surface area contributed by atoms with Crippen molar-refractivity contribution in [1.82, 2.24) is 5.32 Å². The zero-order chi connectivity index (χ0) is 13.0. The summed E-state index contributed by atoms with van der Waals surface area (Å²) in [7, 11) is -3.75. The SMILES string of the molecule is O=S(=O)(Cc1ccccc1)O[C@@H]1CNCC[C@H]1F. The lowest BCUT2D eigenvalue weighted by Gasteiger charge is -2.26. The minimum Gasteiger partial charge on any atom is -0.314 e. The molecule has 0 saturated carbocycles. The van der Waals surface area contributed by atoms with Crippen LogP contribution in [0.25, 0.3) is 0 Å². The van der Waals surface area contributed by atoms with Crippen LogP contribution in [0, 0.1) is 0 Å². The summed E-state index contributed by atoms with van der Waals surface area (Å²) in [5.41, 5.74) is 0.636. The predicted octanol–water partition coefficient (Wildman–Crippen LogP) is 1.23. The molecule has 1 saturated heterocycles. The smallest absolute Gasteiger partial charge is 0.271 e. The molecule has 0 aromatic heterocycles. The van der Waals surface area contributed by atoms with Crippen LogP contribution in [-0.2, 0) is 20.1 Å². The predicted molar refractivity (Wildman–Crippen MR) is 66.3 cm³/mol. The van der Waals surface area contributed by atoms with Gasteiger partial charge in [0.25, 0.3) is 10.1 Å². The van der Waals surface area contributed by atoms with Crippen molar-refractivity contribution in [3.05, 3.63) is 35.9 Å². The number of benzene rings is 1. The van der Waals surface area contributed by atoms with E-state index in [4.69, 9.17) is 4.18 Å².